The van der Waals surface area contributed by atoms with Crippen LogP contribution in [0.5, 0.6) is 0 Å². The molecular formula is C12H13N3O2S. The van der Waals surface area contributed by atoms with E-state index in [2.05, 4.69) is 5.32 Å². The maximum Gasteiger partial charge on any atom is 0.287 e. The van der Waals surface area contributed by atoms with Gasteiger partial charge in [-0.3, -0.25) is 10.1 Å². The molecule has 6 heteroatoms. The predicted octanol–water partition coefficient (Wildman–Crippen LogP) is 2.77. The summed E-state index contributed by atoms with van der Waals surface area (Å²) in [5, 5.41) is 23.4. The minimum absolute atomic E-state index is 0.101. The van der Waals surface area contributed by atoms with E-state index in [1.54, 1.807) is 6.07 Å². The number of nitrogens with zero attached hydrogens (tertiary/aromatic N) is 2. The van der Waals surface area contributed by atoms with Crippen molar-refractivity contribution in [1.29, 1.82) is 5.26 Å². The Balaban J connectivity index is 2.05. The van der Waals surface area contributed by atoms with Crippen molar-refractivity contribution < 1.29 is 4.92 Å². The van der Waals surface area contributed by atoms with Gasteiger partial charge >= 0.3 is 0 Å². The molecule has 1 aliphatic heterocycles. The number of hydrogen-bond donors (Lipinski definition) is 1. The summed E-state index contributed by atoms with van der Waals surface area (Å²) < 4.78 is 0. The lowest BCUT2D eigenvalue weighted by Crippen LogP contribution is -2.13. The van der Waals surface area contributed by atoms with E-state index < -0.39 is 4.92 Å². The molecule has 1 saturated heterocycles. The zero-order chi connectivity index (χ0) is 13.0. The number of nitro benzene ring substituents is 1. The number of nitriles is 1. The molecule has 2 rings (SSSR count). The van der Waals surface area contributed by atoms with Crippen LogP contribution in [0.25, 0.3) is 0 Å². The van der Waals surface area contributed by atoms with Gasteiger partial charge in [-0.2, -0.15) is 17.0 Å². The van der Waals surface area contributed by atoms with Gasteiger partial charge in [0.2, 0.25) is 0 Å². The molecule has 1 heterocycles. The fourth-order valence-electron chi connectivity index (χ4n) is 1.93. The number of nitro groups is 1. The van der Waals surface area contributed by atoms with Gasteiger partial charge in [-0.05, 0) is 30.7 Å². The van der Waals surface area contributed by atoms with Crippen molar-refractivity contribution in [3.8, 4) is 6.07 Å². The molecule has 1 aliphatic rings. The number of thioether (sulfide) groups is 1. The topological polar surface area (TPSA) is 79.0 Å². The molecule has 0 aliphatic carbocycles. The lowest BCUT2D eigenvalue weighted by atomic mass is 10.1. The highest BCUT2D eigenvalue weighted by atomic mass is 32.2. The lowest BCUT2D eigenvalue weighted by Gasteiger charge is -2.11. The fourth-order valence-corrected chi connectivity index (χ4v) is 3.13. The quantitative estimate of drug-likeness (QED) is 0.667. The highest BCUT2D eigenvalue weighted by Gasteiger charge is 2.16. The highest BCUT2D eigenvalue weighted by molar-refractivity contribution is 8.00. The molecule has 94 valence electrons. The molecule has 1 fully saturated rings. The van der Waals surface area contributed by atoms with Crippen molar-refractivity contribution in [2.75, 3.05) is 17.6 Å². The van der Waals surface area contributed by atoms with E-state index in [1.165, 1.54) is 30.7 Å². The van der Waals surface area contributed by atoms with Crippen molar-refractivity contribution in [2.24, 2.45) is 0 Å². The predicted molar refractivity (Wildman–Crippen MR) is 71.8 cm³/mol. The zero-order valence-corrected chi connectivity index (χ0v) is 10.6. The number of hydrogen-bond acceptors (Lipinski definition) is 5. The Morgan fingerprint density at radius 3 is 3.06 bits per heavy atom. The molecule has 0 saturated carbocycles. The van der Waals surface area contributed by atoms with Crippen LogP contribution in [0.2, 0.25) is 0 Å². The van der Waals surface area contributed by atoms with Crippen LogP contribution in [0.4, 0.5) is 11.4 Å². The van der Waals surface area contributed by atoms with E-state index in [9.17, 15) is 10.1 Å². The Morgan fingerprint density at radius 1 is 1.61 bits per heavy atom. The van der Waals surface area contributed by atoms with E-state index in [4.69, 9.17) is 5.26 Å². The third-order valence-electron chi connectivity index (χ3n) is 2.87. The monoisotopic (exact) mass is 263 g/mol. The summed E-state index contributed by atoms with van der Waals surface area (Å²) in [6.07, 6.45) is 2.45. The van der Waals surface area contributed by atoms with Crippen molar-refractivity contribution in [2.45, 2.75) is 18.1 Å². The largest absolute Gasteiger partial charge is 0.384 e. The first kappa shape index (κ1) is 12.7. The number of anilines is 1. The lowest BCUT2D eigenvalue weighted by molar-refractivity contribution is -0.385. The van der Waals surface area contributed by atoms with Gasteiger partial charge in [0.05, 0.1) is 4.92 Å². The summed E-state index contributed by atoms with van der Waals surface area (Å²) >= 11 is 1.94. The van der Waals surface area contributed by atoms with Crippen molar-refractivity contribution >= 4 is 23.1 Å². The SMILES string of the molecule is N#Cc1cc(NCC2CCCS2)ccc1[N+](=O)[O-]. The Hall–Kier alpha value is -1.74. The summed E-state index contributed by atoms with van der Waals surface area (Å²) in [5.74, 6) is 1.20. The summed E-state index contributed by atoms with van der Waals surface area (Å²) in [5.41, 5.74) is 0.729. The van der Waals surface area contributed by atoms with Crippen molar-refractivity contribution in [3.05, 3.63) is 33.9 Å². The third kappa shape index (κ3) is 2.93. The second-order valence-corrected chi connectivity index (χ2v) is 5.53. The van der Waals surface area contributed by atoms with E-state index >= 15 is 0 Å². The molecule has 18 heavy (non-hydrogen) atoms. The van der Waals surface area contributed by atoms with Gasteiger partial charge in [0, 0.05) is 23.5 Å². The third-order valence-corrected chi connectivity index (χ3v) is 4.27. The maximum atomic E-state index is 10.7. The fraction of sp³-hybridized carbons (Fsp3) is 0.417. The molecule has 0 bridgehead atoms. The normalized spacial score (nSPS) is 18.3. The Kier molecular flexibility index (Phi) is 4.05. The minimum atomic E-state index is -0.533. The standard InChI is InChI=1S/C12H13N3O2S/c13-7-9-6-10(3-4-12(9)15(16)17)14-8-11-2-1-5-18-11/h3-4,6,11,14H,1-2,5,8H2. The second kappa shape index (κ2) is 5.74. The number of benzene rings is 1. The Morgan fingerprint density at radius 2 is 2.44 bits per heavy atom. The summed E-state index contributed by atoms with van der Waals surface area (Å²) in [6.45, 7) is 0.841. The summed E-state index contributed by atoms with van der Waals surface area (Å²) in [6, 6.07) is 6.43. The van der Waals surface area contributed by atoms with Crippen LogP contribution in [0, 0.1) is 21.4 Å². The number of rotatable bonds is 4. The van der Waals surface area contributed by atoms with E-state index in [-0.39, 0.29) is 11.3 Å². The van der Waals surface area contributed by atoms with Crippen LogP contribution in [-0.4, -0.2) is 22.5 Å². The zero-order valence-electron chi connectivity index (χ0n) is 9.76. The van der Waals surface area contributed by atoms with E-state index in [1.807, 2.05) is 17.8 Å². The van der Waals surface area contributed by atoms with Gasteiger partial charge in [-0.25, -0.2) is 0 Å². The van der Waals surface area contributed by atoms with Crippen LogP contribution in [0.1, 0.15) is 18.4 Å². The molecule has 1 aromatic carbocycles. The Bertz CT molecular complexity index is 493. The molecule has 0 spiro atoms. The van der Waals surface area contributed by atoms with Gasteiger partial charge in [-0.1, -0.05) is 0 Å². The van der Waals surface area contributed by atoms with E-state index in [0.717, 1.165) is 12.2 Å². The molecule has 5 nitrogen and oxygen atoms in total. The molecule has 0 amide bonds. The first-order valence-electron chi connectivity index (χ1n) is 5.74. The molecule has 1 unspecified atom stereocenters. The second-order valence-electron chi connectivity index (χ2n) is 4.12. The van der Waals surface area contributed by atoms with Crippen LogP contribution in [-0.2, 0) is 0 Å². The molecule has 1 N–H and O–H groups in total. The summed E-state index contributed by atoms with van der Waals surface area (Å²) in [7, 11) is 0. The molecule has 1 atom stereocenters. The first-order chi connectivity index (χ1) is 8.70. The van der Waals surface area contributed by atoms with Crippen LogP contribution in [0.3, 0.4) is 0 Å². The van der Waals surface area contributed by atoms with Crippen molar-refractivity contribution in [3.63, 3.8) is 0 Å². The maximum absolute atomic E-state index is 10.7. The van der Waals surface area contributed by atoms with Crippen LogP contribution in [0.15, 0.2) is 18.2 Å². The number of nitrogens with one attached hydrogen (secondary N) is 1. The van der Waals surface area contributed by atoms with E-state index in [0.29, 0.717) is 5.25 Å². The summed E-state index contributed by atoms with van der Waals surface area (Å²) in [4.78, 5) is 10.2. The molecule has 0 radical (unpaired) electrons. The minimum Gasteiger partial charge on any atom is -0.384 e. The Labute approximate surface area is 109 Å². The first-order valence-corrected chi connectivity index (χ1v) is 6.79. The average molecular weight is 263 g/mol. The molecule has 1 aromatic rings. The van der Waals surface area contributed by atoms with Gasteiger partial charge in [0.15, 0.2) is 0 Å². The van der Waals surface area contributed by atoms with Crippen LogP contribution >= 0.6 is 11.8 Å². The van der Waals surface area contributed by atoms with Gasteiger partial charge in [-0.15, -0.1) is 0 Å². The van der Waals surface area contributed by atoms with Crippen LogP contribution < -0.4 is 5.32 Å². The smallest absolute Gasteiger partial charge is 0.287 e. The molecule has 0 aromatic heterocycles. The van der Waals surface area contributed by atoms with Crippen molar-refractivity contribution in [1.82, 2.24) is 0 Å². The van der Waals surface area contributed by atoms with Gasteiger partial charge in [0.25, 0.3) is 5.69 Å². The van der Waals surface area contributed by atoms with Gasteiger partial charge in [0.1, 0.15) is 11.6 Å². The van der Waals surface area contributed by atoms with Gasteiger partial charge < -0.3 is 5.32 Å². The molecular weight excluding hydrogens is 250 g/mol. The average Bonchev–Trinajstić information content (AvgIpc) is 2.88. The highest BCUT2D eigenvalue weighted by Crippen LogP contribution is 2.27.